The van der Waals surface area contributed by atoms with Crippen LogP contribution in [0.25, 0.3) is 0 Å². The average Bonchev–Trinajstić information content (AvgIpc) is 3.26. The van der Waals surface area contributed by atoms with Crippen LogP contribution in [0.4, 0.5) is 10.5 Å². The van der Waals surface area contributed by atoms with Gasteiger partial charge in [-0.05, 0) is 66.5 Å². The lowest BCUT2D eigenvalue weighted by Gasteiger charge is -2.25. The molecule has 0 saturated carbocycles. The van der Waals surface area contributed by atoms with E-state index >= 15 is 0 Å². The number of imide groups is 1. The summed E-state index contributed by atoms with van der Waals surface area (Å²) >= 11 is 0. The molecule has 1 aliphatic rings. The van der Waals surface area contributed by atoms with Crippen molar-refractivity contribution in [3.05, 3.63) is 29.8 Å². The highest BCUT2D eigenvalue weighted by Crippen LogP contribution is 2.35. The summed E-state index contributed by atoms with van der Waals surface area (Å²) in [6.45, 7) is 16.5. The number of hydrogen-bond acceptors (Lipinski definition) is 6. The summed E-state index contributed by atoms with van der Waals surface area (Å²) in [6, 6.07) is 5.11. The molecule has 1 unspecified atom stereocenters. The van der Waals surface area contributed by atoms with Crippen LogP contribution < -0.4 is 27.0 Å². The van der Waals surface area contributed by atoms with E-state index in [1.165, 1.54) is 4.90 Å². The van der Waals surface area contributed by atoms with Crippen LogP contribution in [0.5, 0.6) is 0 Å². The van der Waals surface area contributed by atoms with Crippen molar-refractivity contribution in [2.75, 3.05) is 18.4 Å². The predicted molar refractivity (Wildman–Crippen MR) is 187 cm³/mol. The van der Waals surface area contributed by atoms with Crippen molar-refractivity contribution < 1.29 is 28.8 Å². The van der Waals surface area contributed by atoms with Crippen LogP contribution >= 0.6 is 0 Å². The van der Waals surface area contributed by atoms with Gasteiger partial charge in [-0.3, -0.25) is 28.9 Å². The van der Waals surface area contributed by atoms with E-state index in [0.29, 0.717) is 37.9 Å². The maximum atomic E-state index is 13.4. The van der Waals surface area contributed by atoms with E-state index < -0.39 is 29.9 Å². The molecule has 0 spiro atoms. The summed E-state index contributed by atoms with van der Waals surface area (Å²) in [5.41, 5.74) is 6.74. The smallest absolute Gasteiger partial charge is 0.312 e. The van der Waals surface area contributed by atoms with E-state index in [2.05, 4.69) is 42.0 Å². The van der Waals surface area contributed by atoms with Crippen molar-refractivity contribution in [3.63, 3.8) is 0 Å². The van der Waals surface area contributed by atoms with E-state index in [4.69, 9.17) is 5.73 Å². The molecule has 12 heteroatoms. The lowest BCUT2D eigenvalue weighted by molar-refractivity contribution is -0.140. The number of likely N-dealkylation sites (tertiary alicyclic amines) is 1. The van der Waals surface area contributed by atoms with Crippen molar-refractivity contribution >= 4 is 41.3 Å². The van der Waals surface area contributed by atoms with Crippen molar-refractivity contribution in [1.29, 1.82) is 0 Å². The minimum Gasteiger partial charge on any atom is -0.352 e. The van der Waals surface area contributed by atoms with Gasteiger partial charge < -0.3 is 27.0 Å². The Hall–Kier alpha value is -3.96. The molecule has 0 bridgehead atoms. The minimum atomic E-state index is -0.923. The maximum absolute atomic E-state index is 13.4. The van der Waals surface area contributed by atoms with Gasteiger partial charge in [-0.15, -0.1) is 0 Å². The van der Waals surface area contributed by atoms with Crippen LogP contribution in [0.3, 0.4) is 0 Å². The maximum Gasteiger partial charge on any atom is 0.312 e. The van der Waals surface area contributed by atoms with Crippen molar-refractivity contribution in [2.24, 2.45) is 28.4 Å². The van der Waals surface area contributed by atoms with Gasteiger partial charge >= 0.3 is 6.03 Å². The van der Waals surface area contributed by atoms with Crippen LogP contribution in [-0.4, -0.2) is 65.6 Å². The molecule has 268 valence electrons. The third-order valence-corrected chi connectivity index (χ3v) is 8.40. The Bertz CT molecular complexity index is 1280. The highest BCUT2D eigenvalue weighted by atomic mass is 16.2. The second kappa shape index (κ2) is 18.0. The van der Waals surface area contributed by atoms with E-state index in [-0.39, 0.29) is 66.2 Å². The average molecular weight is 671 g/mol. The first-order valence-electron chi connectivity index (χ1n) is 17.2. The molecule has 0 radical (unpaired) electrons. The summed E-state index contributed by atoms with van der Waals surface area (Å²) in [5, 5.41) is 11.0. The highest BCUT2D eigenvalue weighted by Gasteiger charge is 2.44. The number of benzene rings is 1. The molecule has 1 fully saturated rings. The fourth-order valence-corrected chi connectivity index (χ4v) is 5.70. The number of unbranched alkanes of at least 4 members (excludes halogenated alkanes) is 2. The number of carbonyl (C=O) groups is 6. The van der Waals surface area contributed by atoms with E-state index in [1.807, 2.05) is 58.9 Å². The Balaban J connectivity index is 1.94. The number of rotatable bonds is 17. The first-order valence-corrected chi connectivity index (χ1v) is 17.2. The summed E-state index contributed by atoms with van der Waals surface area (Å²) in [7, 11) is 0. The van der Waals surface area contributed by atoms with E-state index in [9.17, 15) is 28.8 Å². The monoisotopic (exact) mass is 670 g/mol. The van der Waals surface area contributed by atoms with Crippen molar-refractivity contribution in [3.8, 4) is 0 Å². The standard InChI is InChI=1S/C36H58N6O6/c1-23(2)30(41-28(43)14-10-9-11-20-42-29(44)21-26(33(42)47)36(6,7)8)32(46)40-27(13-12-19-38-34(37)48)31(45)39-25-17-15-24(16-18-25)22-35(3,4)5/h15-18,23,26-27,30H,9-14,19-22H2,1-8H3,(H,39,45)(H,40,46)(H,41,43)(H3,37,38,48)/t26?,27-,30-/m0/s1. The predicted octanol–water partition coefficient (Wildman–Crippen LogP) is 4.27. The number of nitrogens with two attached hydrogens (primary N) is 1. The van der Waals surface area contributed by atoms with Gasteiger partial charge in [0.2, 0.25) is 29.5 Å². The van der Waals surface area contributed by atoms with Crippen LogP contribution in [0.15, 0.2) is 24.3 Å². The quantitative estimate of drug-likeness (QED) is 0.122. The molecular weight excluding hydrogens is 612 g/mol. The van der Waals surface area contributed by atoms with E-state index in [1.54, 1.807) is 0 Å². The van der Waals surface area contributed by atoms with E-state index in [0.717, 1.165) is 12.0 Å². The fraction of sp³-hybridized carbons (Fsp3) is 0.667. The Morgan fingerprint density at radius 1 is 0.896 bits per heavy atom. The van der Waals surface area contributed by atoms with Gasteiger partial charge in [0.15, 0.2) is 0 Å². The molecule has 48 heavy (non-hydrogen) atoms. The van der Waals surface area contributed by atoms with Gasteiger partial charge in [0.05, 0.1) is 5.92 Å². The minimum absolute atomic E-state index is 0.120. The van der Waals surface area contributed by atoms with Crippen LogP contribution in [0.2, 0.25) is 0 Å². The summed E-state index contributed by atoms with van der Waals surface area (Å²) in [6.07, 6.45) is 3.68. The normalized spacial score (nSPS) is 16.4. The molecule has 1 saturated heterocycles. The SMILES string of the molecule is CC(C)[C@H](NC(=O)CCCCCN1C(=O)CC(C(C)(C)C)C1=O)C(=O)N[C@@H](CCCNC(N)=O)C(=O)Nc1ccc(CC(C)(C)C)cc1. The Labute approximate surface area is 286 Å². The number of urea groups is 1. The molecule has 0 aliphatic carbocycles. The Morgan fingerprint density at radius 3 is 2.08 bits per heavy atom. The molecule has 1 aromatic rings. The third kappa shape index (κ3) is 13.6. The van der Waals surface area contributed by atoms with Gasteiger partial charge in [0.1, 0.15) is 12.1 Å². The van der Waals surface area contributed by atoms with Crippen LogP contribution in [0, 0.1) is 22.7 Å². The first kappa shape index (κ1) is 40.2. The number of anilines is 1. The zero-order valence-corrected chi connectivity index (χ0v) is 30.2. The molecule has 1 aromatic carbocycles. The van der Waals surface area contributed by atoms with Gasteiger partial charge in [0, 0.05) is 31.6 Å². The van der Waals surface area contributed by atoms with Crippen molar-refractivity contribution in [1.82, 2.24) is 20.9 Å². The van der Waals surface area contributed by atoms with Crippen molar-refractivity contribution in [2.45, 2.75) is 119 Å². The van der Waals surface area contributed by atoms with Crippen LogP contribution in [0.1, 0.15) is 106 Å². The largest absolute Gasteiger partial charge is 0.352 e. The molecule has 12 nitrogen and oxygen atoms in total. The number of primary amides is 1. The number of nitrogens with zero attached hydrogens (tertiary/aromatic N) is 1. The number of hydrogen-bond donors (Lipinski definition) is 5. The lowest BCUT2D eigenvalue weighted by Crippen LogP contribution is -2.54. The molecule has 2 rings (SSSR count). The van der Waals surface area contributed by atoms with Gasteiger partial charge in [-0.2, -0.15) is 0 Å². The molecule has 0 aromatic heterocycles. The second-order valence-corrected chi connectivity index (χ2v) is 15.5. The second-order valence-electron chi connectivity index (χ2n) is 15.5. The topological polar surface area (TPSA) is 180 Å². The third-order valence-electron chi connectivity index (χ3n) is 8.40. The Morgan fingerprint density at radius 2 is 1.54 bits per heavy atom. The lowest BCUT2D eigenvalue weighted by atomic mass is 9.80. The number of carbonyl (C=O) groups excluding carboxylic acids is 6. The van der Waals surface area contributed by atoms with Gasteiger partial charge in [-0.1, -0.05) is 73.9 Å². The molecule has 1 heterocycles. The molecule has 7 amide bonds. The molecule has 1 aliphatic heterocycles. The van der Waals surface area contributed by atoms with Gasteiger partial charge in [-0.25, -0.2) is 4.79 Å². The molecule has 6 N–H and O–H groups in total. The fourth-order valence-electron chi connectivity index (χ4n) is 5.70. The molecular formula is C36H58N6O6. The van der Waals surface area contributed by atoms with Crippen LogP contribution in [-0.2, 0) is 30.4 Å². The zero-order chi connectivity index (χ0) is 36.2. The number of nitrogens with one attached hydrogen (secondary N) is 4. The summed E-state index contributed by atoms with van der Waals surface area (Å²) < 4.78 is 0. The summed E-state index contributed by atoms with van der Waals surface area (Å²) in [5.74, 6) is -2.03. The molecule has 3 atom stereocenters. The summed E-state index contributed by atoms with van der Waals surface area (Å²) in [4.78, 5) is 77.2. The number of amides is 7. The Kier molecular flexibility index (Phi) is 15.1. The zero-order valence-electron chi connectivity index (χ0n) is 30.2. The van der Waals surface area contributed by atoms with Gasteiger partial charge in [0.25, 0.3) is 0 Å². The highest BCUT2D eigenvalue weighted by molar-refractivity contribution is 6.04. The first-order chi connectivity index (χ1) is 22.3.